The van der Waals surface area contributed by atoms with Gasteiger partial charge in [-0.1, -0.05) is 41.4 Å². The molecule has 4 nitrogen and oxygen atoms in total. The lowest BCUT2D eigenvalue weighted by molar-refractivity contribution is -0.137. The topological polar surface area (TPSA) is 49.4 Å². The van der Waals surface area contributed by atoms with Gasteiger partial charge in [0.05, 0.1) is 33.6 Å². The lowest BCUT2D eigenvalue weighted by Gasteiger charge is -2.18. The largest absolute Gasteiger partial charge is 0.418 e. The van der Waals surface area contributed by atoms with E-state index in [2.05, 4.69) is 5.32 Å². The number of alkyl halides is 3. The van der Waals surface area contributed by atoms with Gasteiger partial charge in [0, 0.05) is 11.9 Å². The number of thioether (sulfide) groups is 1. The number of hydrogen-bond donors (Lipinski definition) is 1. The van der Waals surface area contributed by atoms with Crippen LogP contribution in [0, 0.1) is 0 Å². The normalized spacial score (nSPS) is 11.2. The van der Waals surface area contributed by atoms with Gasteiger partial charge in [0.15, 0.2) is 0 Å². The molecular formula is C18H15Cl2F3N2O2S. The van der Waals surface area contributed by atoms with Crippen LogP contribution in [0.5, 0.6) is 0 Å². The Morgan fingerprint density at radius 3 is 2.29 bits per heavy atom. The number of anilines is 1. The van der Waals surface area contributed by atoms with E-state index in [0.717, 1.165) is 28.8 Å². The Morgan fingerprint density at radius 2 is 1.68 bits per heavy atom. The van der Waals surface area contributed by atoms with Crippen molar-refractivity contribution in [3.05, 3.63) is 58.1 Å². The van der Waals surface area contributed by atoms with Crippen LogP contribution < -0.4 is 5.32 Å². The van der Waals surface area contributed by atoms with Crippen molar-refractivity contribution in [3.63, 3.8) is 0 Å². The van der Waals surface area contributed by atoms with Gasteiger partial charge in [-0.15, -0.1) is 11.8 Å². The molecule has 2 amide bonds. The number of hydrogen-bond acceptors (Lipinski definition) is 3. The molecule has 0 aliphatic heterocycles. The van der Waals surface area contributed by atoms with Gasteiger partial charge in [-0.2, -0.15) is 13.2 Å². The van der Waals surface area contributed by atoms with Crippen LogP contribution in [0.1, 0.15) is 5.56 Å². The molecule has 1 N–H and O–H groups in total. The van der Waals surface area contributed by atoms with Crippen molar-refractivity contribution < 1.29 is 22.8 Å². The number of carbonyl (C=O) groups excluding carboxylic acids is 2. The van der Waals surface area contributed by atoms with Gasteiger partial charge in [-0.25, -0.2) is 0 Å². The van der Waals surface area contributed by atoms with Crippen molar-refractivity contribution >= 4 is 52.5 Å². The predicted molar refractivity (Wildman–Crippen MR) is 105 cm³/mol. The molecule has 0 unspecified atom stereocenters. The summed E-state index contributed by atoms with van der Waals surface area (Å²) < 4.78 is 38.9. The van der Waals surface area contributed by atoms with Crippen molar-refractivity contribution in [1.82, 2.24) is 4.90 Å². The van der Waals surface area contributed by atoms with Crippen molar-refractivity contribution in [3.8, 4) is 0 Å². The Bertz CT molecular complexity index is 858. The molecule has 2 aromatic rings. The van der Waals surface area contributed by atoms with Crippen LogP contribution >= 0.6 is 35.0 Å². The van der Waals surface area contributed by atoms with E-state index >= 15 is 0 Å². The second kappa shape index (κ2) is 9.54. The Labute approximate surface area is 174 Å². The maximum Gasteiger partial charge on any atom is 0.418 e. The predicted octanol–water partition coefficient (Wildman–Crippen LogP) is 5.20. The maximum absolute atomic E-state index is 13.0. The summed E-state index contributed by atoms with van der Waals surface area (Å²) in [4.78, 5) is 25.9. The molecule has 0 saturated carbocycles. The highest BCUT2D eigenvalue weighted by Crippen LogP contribution is 2.35. The lowest BCUT2D eigenvalue weighted by Crippen LogP contribution is -2.36. The molecule has 10 heteroatoms. The highest BCUT2D eigenvalue weighted by Gasteiger charge is 2.33. The van der Waals surface area contributed by atoms with Gasteiger partial charge in [-0.3, -0.25) is 9.59 Å². The van der Waals surface area contributed by atoms with Gasteiger partial charge >= 0.3 is 6.18 Å². The van der Waals surface area contributed by atoms with Crippen LogP contribution in [0.2, 0.25) is 10.0 Å². The molecule has 0 fully saturated rings. The van der Waals surface area contributed by atoms with E-state index in [4.69, 9.17) is 23.2 Å². The Hall–Kier alpha value is -1.90. The van der Waals surface area contributed by atoms with Crippen molar-refractivity contribution in [2.24, 2.45) is 0 Å². The third-order valence-electron chi connectivity index (χ3n) is 3.57. The molecule has 150 valence electrons. The van der Waals surface area contributed by atoms with Gasteiger partial charge in [0.2, 0.25) is 11.8 Å². The van der Waals surface area contributed by atoms with Crippen molar-refractivity contribution in [2.45, 2.75) is 11.1 Å². The molecule has 0 spiro atoms. The van der Waals surface area contributed by atoms with Crippen LogP contribution in [0.15, 0.2) is 47.4 Å². The smallest absolute Gasteiger partial charge is 0.336 e. The van der Waals surface area contributed by atoms with E-state index in [1.165, 1.54) is 19.2 Å². The molecule has 0 aliphatic rings. The van der Waals surface area contributed by atoms with Crippen LogP contribution in [-0.2, 0) is 15.8 Å². The Morgan fingerprint density at radius 1 is 1.07 bits per heavy atom. The van der Waals surface area contributed by atoms with Gasteiger partial charge < -0.3 is 10.2 Å². The molecule has 0 bridgehead atoms. The van der Waals surface area contributed by atoms with E-state index in [9.17, 15) is 22.8 Å². The summed E-state index contributed by atoms with van der Waals surface area (Å²) in [7, 11) is 1.38. The molecule has 2 aromatic carbocycles. The number of likely N-dealkylation sites (N-methyl/N-ethyl adjacent to an activating group) is 1. The number of halogens is 5. The molecule has 0 aliphatic carbocycles. The summed E-state index contributed by atoms with van der Waals surface area (Å²) in [5, 5.41) is 2.99. The van der Waals surface area contributed by atoms with E-state index in [0.29, 0.717) is 14.9 Å². The zero-order chi connectivity index (χ0) is 20.9. The molecule has 28 heavy (non-hydrogen) atoms. The summed E-state index contributed by atoms with van der Waals surface area (Å²) in [6.45, 7) is -0.401. The minimum Gasteiger partial charge on any atom is -0.336 e. The monoisotopic (exact) mass is 450 g/mol. The zero-order valence-corrected chi connectivity index (χ0v) is 16.8. The fourth-order valence-corrected chi connectivity index (χ4v) is 3.82. The summed E-state index contributed by atoms with van der Waals surface area (Å²) in [5.41, 5.74) is -1.32. The van der Waals surface area contributed by atoms with Crippen LogP contribution in [0.4, 0.5) is 18.9 Å². The van der Waals surface area contributed by atoms with Crippen LogP contribution in [0.3, 0.4) is 0 Å². The van der Waals surface area contributed by atoms with E-state index in [1.54, 1.807) is 18.2 Å². The minimum absolute atomic E-state index is 0.0353. The van der Waals surface area contributed by atoms with Crippen molar-refractivity contribution in [1.29, 1.82) is 0 Å². The van der Waals surface area contributed by atoms with Gasteiger partial charge in [-0.05, 0) is 24.3 Å². The molecule has 0 aromatic heterocycles. The SMILES string of the molecule is CN(CC(=O)Nc1ccccc1C(F)(F)F)C(=O)CSc1c(Cl)cccc1Cl. The van der Waals surface area contributed by atoms with Crippen LogP contribution in [0.25, 0.3) is 0 Å². The number of carbonyl (C=O) groups is 2. The minimum atomic E-state index is -4.60. The van der Waals surface area contributed by atoms with Gasteiger partial charge in [0.1, 0.15) is 0 Å². The molecule has 0 atom stereocenters. The van der Waals surface area contributed by atoms with Gasteiger partial charge in [0.25, 0.3) is 0 Å². The average Bonchev–Trinajstić information content (AvgIpc) is 2.60. The first-order valence-corrected chi connectivity index (χ1v) is 9.60. The summed E-state index contributed by atoms with van der Waals surface area (Å²) in [6.07, 6.45) is -4.60. The van der Waals surface area contributed by atoms with Crippen molar-refractivity contribution in [2.75, 3.05) is 24.7 Å². The number of nitrogens with one attached hydrogen (secondary N) is 1. The fourth-order valence-electron chi connectivity index (χ4n) is 2.20. The quantitative estimate of drug-likeness (QED) is 0.615. The van der Waals surface area contributed by atoms with Crippen LogP contribution in [-0.4, -0.2) is 36.1 Å². The molecule has 0 heterocycles. The third kappa shape index (κ3) is 6.05. The fraction of sp³-hybridized carbons (Fsp3) is 0.222. The summed E-state index contributed by atoms with van der Waals surface area (Å²) >= 11 is 13.2. The number of para-hydroxylation sites is 1. The number of benzene rings is 2. The molecular weight excluding hydrogens is 436 g/mol. The van der Waals surface area contributed by atoms with E-state index < -0.39 is 30.1 Å². The third-order valence-corrected chi connectivity index (χ3v) is 5.55. The average molecular weight is 451 g/mol. The number of amides is 2. The zero-order valence-electron chi connectivity index (χ0n) is 14.5. The highest BCUT2D eigenvalue weighted by molar-refractivity contribution is 8.00. The first-order chi connectivity index (χ1) is 13.1. The molecule has 2 rings (SSSR count). The molecule has 0 saturated heterocycles. The Kier molecular flexibility index (Phi) is 7.63. The maximum atomic E-state index is 13.0. The van der Waals surface area contributed by atoms with E-state index in [1.807, 2.05) is 0 Å². The second-order valence-electron chi connectivity index (χ2n) is 5.68. The standard InChI is InChI=1S/C18H15Cl2F3N2O2S/c1-25(16(27)10-28-17-12(19)6-4-7-13(17)20)9-15(26)24-14-8-3-2-5-11(14)18(21,22)23/h2-8H,9-10H2,1H3,(H,24,26). The summed E-state index contributed by atoms with van der Waals surface area (Å²) in [5.74, 6) is -1.18. The number of rotatable bonds is 6. The Balaban J connectivity index is 1.95. The summed E-state index contributed by atoms with van der Waals surface area (Å²) in [6, 6.07) is 9.57. The number of nitrogens with zero attached hydrogens (tertiary/aromatic N) is 1. The molecule has 0 radical (unpaired) electrons. The lowest BCUT2D eigenvalue weighted by atomic mass is 10.1. The first kappa shape index (κ1) is 22.4. The van der Waals surface area contributed by atoms with E-state index in [-0.39, 0.29) is 11.4 Å². The second-order valence-corrected chi connectivity index (χ2v) is 7.48. The first-order valence-electron chi connectivity index (χ1n) is 7.86. The highest BCUT2D eigenvalue weighted by atomic mass is 35.5.